The van der Waals surface area contributed by atoms with E-state index in [4.69, 9.17) is 21.3 Å². The number of nitrogens with zero attached hydrogens (tertiary/aromatic N) is 4. The number of carbonyl (C=O) groups excluding carboxylic acids is 1. The van der Waals surface area contributed by atoms with Gasteiger partial charge in [-0.25, -0.2) is 19.2 Å². The van der Waals surface area contributed by atoms with Crippen LogP contribution in [0.15, 0.2) is 18.5 Å². The summed E-state index contributed by atoms with van der Waals surface area (Å²) in [4.78, 5) is 36.2. The van der Waals surface area contributed by atoms with E-state index >= 15 is 0 Å². The molecule has 2 atom stereocenters. The zero-order chi connectivity index (χ0) is 28.7. The SMILES string of the molecule is COC(CF)CN(CCCCc1ccc2c(n1)NCCC2)CCC(NC(=O)C1(c2c(Cl)ncn2C)CC1)C(=O)O. The molecule has 2 unspecified atom stereocenters. The highest BCUT2D eigenvalue weighted by atomic mass is 35.5. The van der Waals surface area contributed by atoms with Gasteiger partial charge in [-0.3, -0.25) is 4.79 Å². The van der Waals surface area contributed by atoms with Crippen LogP contribution in [0.2, 0.25) is 5.15 Å². The van der Waals surface area contributed by atoms with E-state index in [1.165, 1.54) is 12.7 Å². The summed E-state index contributed by atoms with van der Waals surface area (Å²) in [6, 6.07) is 3.15. The molecular weight excluding hydrogens is 539 g/mol. The van der Waals surface area contributed by atoms with Crippen molar-refractivity contribution in [2.75, 3.05) is 45.3 Å². The molecule has 2 aliphatic rings. The number of unbranched alkanes of at least 4 members (excludes halogenated alkanes) is 1. The summed E-state index contributed by atoms with van der Waals surface area (Å²) in [5, 5.41) is 16.2. The second-order valence-electron chi connectivity index (χ2n) is 10.8. The number of rotatable bonds is 16. The number of hydrogen-bond acceptors (Lipinski definition) is 7. The Morgan fingerprint density at radius 3 is 2.77 bits per heavy atom. The van der Waals surface area contributed by atoms with Crippen molar-refractivity contribution in [3.05, 3.63) is 40.6 Å². The minimum atomic E-state index is -1.11. The summed E-state index contributed by atoms with van der Waals surface area (Å²) in [6.45, 7) is 1.67. The molecule has 3 N–H and O–H groups in total. The maximum Gasteiger partial charge on any atom is 0.326 e. The first-order valence-electron chi connectivity index (χ1n) is 14.0. The fraction of sp³-hybridized carbons (Fsp3) is 0.643. The lowest BCUT2D eigenvalue weighted by Gasteiger charge is -2.27. The van der Waals surface area contributed by atoms with Crippen LogP contribution < -0.4 is 10.6 Å². The van der Waals surface area contributed by atoms with Crippen molar-refractivity contribution in [1.82, 2.24) is 24.8 Å². The summed E-state index contributed by atoms with van der Waals surface area (Å²) >= 11 is 6.24. The quantitative estimate of drug-likeness (QED) is 0.260. The van der Waals surface area contributed by atoms with E-state index in [1.807, 2.05) is 4.90 Å². The van der Waals surface area contributed by atoms with Crippen LogP contribution in [0.4, 0.5) is 10.2 Å². The number of anilines is 1. The van der Waals surface area contributed by atoms with Gasteiger partial charge in [-0.1, -0.05) is 17.7 Å². The highest BCUT2D eigenvalue weighted by molar-refractivity contribution is 6.30. The minimum absolute atomic E-state index is 0.178. The Morgan fingerprint density at radius 1 is 1.32 bits per heavy atom. The Kier molecular flexibility index (Phi) is 10.4. The zero-order valence-electron chi connectivity index (χ0n) is 23.3. The number of fused-ring (bicyclic) bond motifs is 1. The first-order valence-corrected chi connectivity index (χ1v) is 14.4. The number of halogens is 2. The Hall–Kier alpha value is -2.76. The molecule has 0 spiro atoms. The van der Waals surface area contributed by atoms with Crippen molar-refractivity contribution >= 4 is 29.3 Å². The molecule has 2 aromatic heterocycles. The van der Waals surface area contributed by atoms with Crippen LogP contribution in [-0.2, 0) is 39.6 Å². The third-order valence-corrected chi connectivity index (χ3v) is 8.22. The number of amides is 1. The van der Waals surface area contributed by atoms with Gasteiger partial charge in [-0.15, -0.1) is 0 Å². The van der Waals surface area contributed by atoms with Crippen molar-refractivity contribution in [1.29, 1.82) is 0 Å². The number of alkyl halides is 1. The number of pyridine rings is 1. The van der Waals surface area contributed by atoms with Crippen molar-refractivity contribution in [2.45, 2.75) is 68.9 Å². The number of methoxy groups -OCH3 is 1. The summed E-state index contributed by atoms with van der Waals surface area (Å²) < 4.78 is 20.4. The van der Waals surface area contributed by atoms with Crippen LogP contribution in [0.1, 0.15) is 55.5 Å². The maximum atomic E-state index is 13.5. The average molecular weight is 579 g/mol. The topological polar surface area (TPSA) is 122 Å². The molecule has 10 nitrogen and oxygen atoms in total. The van der Waals surface area contributed by atoms with Crippen LogP contribution >= 0.6 is 11.6 Å². The highest BCUT2D eigenvalue weighted by Gasteiger charge is 2.55. The third-order valence-electron chi connectivity index (χ3n) is 7.94. The summed E-state index contributed by atoms with van der Waals surface area (Å²) in [5.74, 6) is -0.486. The van der Waals surface area contributed by atoms with Gasteiger partial charge >= 0.3 is 5.97 Å². The number of hydrogen-bond donors (Lipinski definition) is 3. The van der Waals surface area contributed by atoms with Crippen molar-refractivity contribution in [3.8, 4) is 0 Å². The molecule has 1 saturated carbocycles. The summed E-state index contributed by atoms with van der Waals surface area (Å²) in [5.41, 5.74) is 2.04. The maximum absolute atomic E-state index is 13.5. The van der Waals surface area contributed by atoms with E-state index in [0.717, 1.165) is 50.2 Å². The molecule has 0 aromatic carbocycles. The van der Waals surface area contributed by atoms with Gasteiger partial charge in [-0.2, -0.15) is 0 Å². The lowest BCUT2D eigenvalue weighted by Crippen LogP contribution is -2.48. The number of aryl methyl sites for hydroxylation is 3. The number of ether oxygens (including phenoxy) is 1. The van der Waals surface area contributed by atoms with E-state index in [0.29, 0.717) is 38.2 Å². The van der Waals surface area contributed by atoms with Crippen molar-refractivity contribution in [2.24, 2.45) is 7.05 Å². The third kappa shape index (κ3) is 7.30. The van der Waals surface area contributed by atoms with Crippen LogP contribution in [0.5, 0.6) is 0 Å². The van der Waals surface area contributed by atoms with Gasteiger partial charge in [-0.05, 0) is 69.5 Å². The predicted molar refractivity (Wildman–Crippen MR) is 151 cm³/mol. The number of nitrogens with one attached hydrogen (secondary N) is 2. The van der Waals surface area contributed by atoms with Gasteiger partial charge in [0, 0.05) is 39.5 Å². The minimum Gasteiger partial charge on any atom is -0.480 e. The second-order valence-corrected chi connectivity index (χ2v) is 11.2. The molecule has 1 amide bonds. The molecule has 1 aliphatic heterocycles. The Bertz CT molecular complexity index is 1150. The molecule has 0 bridgehead atoms. The van der Waals surface area contributed by atoms with E-state index in [1.54, 1.807) is 17.9 Å². The predicted octanol–water partition coefficient (Wildman–Crippen LogP) is 3.13. The highest BCUT2D eigenvalue weighted by Crippen LogP contribution is 2.50. The molecule has 0 saturated heterocycles. The first kappa shape index (κ1) is 30.2. The molecule has 4 rings (SSSR count). The van der Waals surface area contributed by atoms with E-state index in [9.17, 15) is 19.1 Å². The molecule has 12 heteroatoms. The molecular formula is C28H40ClFN6O4. The van der Waals surface area contributed by atoms with Crippen molar-refractivity contribution in [3.63, 3.8) is 0 Å². The van der Waals surface area contributed by atoms with E-state index < -0.39 is 30.2 Å². The standard InChI is InChI=1S/C28H40ClFN6O4/c1-35-18-32-24(29)23(35)28(11-12-28)27(39)34-22(26(37)38)10-15-36(17-21(16-30)40-2)14-4-3-7-20-9-8-19-6-5-13-31-25(19)33-20/h8-9,18,21-22H,3-7,10-17H2,1-2H3,(H,31,33)(H,34,39)(H,37,38). The normalized spacial score (nSPS) is 17.1. The van der Waals surface area contributed by atoms with Gasteiger partial charge in [0.1, 0.15) is 18.5 Å². The Morgan fingerprint density at radius 2 is 2.12 bits per heavy atom. The largest absolute Gasteiger partial charge is 0.480 e. The summed E-state index contributed by atoms with van der Waals surface area (Å²) in [7, 11) is 3.24. The van der Waals surface area contributed by atoms with E-state index in [2.05, 4.69) is 27.8 Å². The Balaban J connectivity index is 1.32. The first-order chi connectivity index (χ1) is 19.3. The molecule has 0 radical (unpaired) electrons. The molecule has 220 valence electrons. The number of carbonyl (C=O) groups is 2. The van der Waals surface area contributed by atoms with Crippen LogP contribution in [0.25, 0.3) is 0 Å². The monoisotopic (exact) mass is 578 g/mol. The fourth-order valence-corrected chi connectivity index (χ4v) is 5.77. The fourth-order valence-electron chi connectivity index (χ4n) is 5.42. The number of aliphatic carboxylic acids is 1. The zero-order valence-corrected chi connectivity index (χ0v) is 24.1. The number of carboxylic acid groups (broad SMARTS) is 1. The molecule has 3 heterocycles. The van der Waals surface area contributed by atoms with E-state index in [-0.39, 0.29) is 17.5 Å². The second kappa shape index (κ2) is 13.7. The molecule has 1 aliphatic carbocycles. The number of carboxylic acids is 1. The van der Waals surface area contributed by atoms with Crippen LogP contribution in [-0.4, -0.2) is 88.5 Å². The van der Waals surface area contributed by atoms with Crippen molar-refractivity contribution < 1.29 is 23.8 Å². The van der Waals surface area contributed by atoms with Gasteiger partial charge in [0.05, 0.1) is 23.5 Å². The Labute approximate surface area is 239 Å². The molecule has 40 heavy (non-hydrogen) atoms. The lowest BCUT2D eigenvalue weighted by atomic mass is 10.0. The van der Waals surface area contributed by atoms with Gasteiger partial charge in [0.15, 0.2) is 5.15 Å². The smallest absolute Gasteiger partial charge is 0.326 e. The lowest BCUT2D eigenvalue weighted by molar-refractivity contribution is -0.142. The average Bonchev–Trinajstić information content (AvgIpc) is 3.68. The van der Waals surface area contributed by atoms with Gasteiger partial charge < -0.3 is 29.9 Å². The van der Waals surface area contributed by atoms with Gasteiger partial charge in [0.25, 0.3) is 0 Å². The van der Waals surface area contributed by atoms with Crippen LogP contribution in [0, 0.1) is 0 Å². The number of aromatic nitrogens is 3. The molecule has 2 aromatic rings. The number of imidazole rings is 1. The summed E-state index contributed by atoms with van der Waals surface area (Å²) in [6.07, 6.45) is 7.01. The van der Waals surface area contributed by atoms with Crippen LogP contribution in [0.3, 0.4) is 0 Å². The van der Waals surface area contributed by atoms with Gasteiger partial charge in [0.2, 0.25) is 5.91 Å². The molecule has 1 fully saturated rings.